The van der Waals surface area contributed by atoms with Gasteiger partial charge in [-0.2, -0.15) is 0 Å². The monoisotopic (exact) mass is 197 g/mol. The topological polar surface area (TPSA) is 94.4 Å². The van der Waals surface area contributed by atoms with Crippen LogP contribution in [0.2, 0.25) is 0 Å². The van der Waals surface area contributed by atoms with E-state index in [9.17, 15) is 14.9 Å². The van der Waals surface area contributed by atoms with Crippen molar-refractivity contribution in [2.45, 2.75) is 0 Å². The maximum atomic E-state index is 10.4. The van der Waals surface area contributed by atoms with Crippen LogP contribution in [0.1, 0.15) is 0 Å². The van der Waals surface area contributed by atoms with E-state index < -0.39 is 4.92 Å². The van der Waals surface area contributed by atoms with Gasteiger partial charge in [-0.05, 0) is 0 Å². The highest BCUT2D eigenvalue weighted by Gasteiger charge is 2.11. The number of hydrogen-bond donors (Lipinski definition) is 1. The molecule has 0 unspecified atom stereocenters. The van der Waals surface area contributed by atoms with Crippen LogP contribution in [0, 0.1) is 10.1 Å². The number of nitro groups is 1. The Morgan fingerprint density at radius 2 is 2.43 bits per heavy atom. The standard InChI is InChI=1S/C7H7N3O4/c1-14-6-2-5(10(12)13)3-8-7(6)9-4-11/h2-4H,1H3,(H,8,9,11). The van der Waals surface area contributed by atoms with Crippen molar-refractivity contribution in [1.82, 2.24) is 4.98 Å². The zero-order chi connectivity index (χ0) is 10.6. The molecule has 0 atom stereocenters. The lowest BCUT2D eigenvalue weighted by Gasteiger charge is -2.04. The van der Waals surface area contributed by atoms with Gasteiger partial charge in [-0.25, -0.2) is 4.98 Å². The molecule has 1 N–H and O–H groups in total. The first-order valence-corrected chi connectivity index (χ1v) is 3.57. The SMILES string of the molecule is COc1cc([N+](=O)[O-])cnc1NC=O. The van der Waals surface area contributed by atoms with Crippen LogP contribution < -0.4 is 10.1 Å². The van der Waals surface area contributed by atoms with Gasteiger partial charge in [-0.1, -0.05) is 0 Å². The summed E-state index contributed by atoms with van der Waals surface area (Å²) in [6.07, 6.45) is 1.45. The summed E-state index contributed by atoms with van der Waals surface area (Å²) in [6, 6.07) is 1.18. The van der Waals surface area contributed by atoms with Crippen LogP contribution in [0.5, 0.6) is 5.75 Å². The molecule has 0 aliphatic heterocycles. The van der Waals surface area contributed by atoms with E-state index in [4.69, 9.17) is 4.74 Å². The Kier molecular flexibility index (Phi) is 2.95. The predicted molar refractivity (Wildman–Crippen MR) is 47.1 cm³/mol. The maximum Gasteiger partial charge on any atom is 0.291 e. The molecule has 0 aromatic carbocycles. The molecule has 1 rings (SSSR count). The largest absolute Gasteiger partial charge is 0.493 e. The number of amides is 1. The first-order chi connectivity index (χ1) is 6.69. The molecule has 0 saturated heterocycles. The number of carbonyl (C=O) groups excluding carboxylic acids is 1. The quantitative estimate of drug-likeness (QED) is 0.432. The number of nitrogens with one attached hydrogen (secondary N) is 1. The summed E-state index contributed by atoms with van der Waals surface area (Å²) >= 11 is 0. The van der Waals surface area contributed by atoms with Crippen molar-refractivity contribution in [3.8, 4) is 5.75 Å². The molecule has 1 aromatic rings. The van der Waals surface area contributed by atoms with E-state index in [0.717, 1.165) is 6.20 Å². The number of aromatic nitrogens is 1. The number of hydrogen-bond acceptors (Lipinski definition) is 5. The molecule has 0 bridgehead atoms. The first kappa shape index (κ1) is 9.90. The summed E-state index contributed by atoms with van der Waals surface area (Å²) in [4.78, 5) is 23.5. The minimum atomic E-state index is -0.597. The smallest absolute Gasteiger partial charge is 0.291 e. The molecule has 1 heterocycles. The van der Waals surface area contributed by atoms with E-state index in [0.29, 0.717) is 6.41 Å². The highest BCUT2D eigenvalue weighted by Crippen LogP contribution is 2.25. The molecule has 74 valence electrons. The van der Waals surface area contributed by atoms with Crippen LogP contribution in [-0.2, 0) is 4.79 Å². The summed E-state index contributed by atoms with van der Waals surface area (Å²) in [5.41, 5.74) is -0.196. The van der Waals surface area contributed by atoms with Gasteiger partial charge < -0.3 is 10.1 Å². The lowest BCUT2D eigenvalue weighted by Crippen LogP contribution is -2.01. The molecule has 0 spiro atoms. The Balaban J connectivity index is 3.10. The molecule has 7 nitrogen and oxygen atoms in total. The van der Waals surface area contributed by atoms with Gasteiger partial charge in [-0.15, -0.1) is 0 Å². The Labute approximate surface area is 78.9 Å². The molecular formula is C7H7N3O4. The Morgan fingerprint density at radius 1 is 1.71 bits per heavy atom. The lowest BCUT2D eigenvalue weighted by molar-refractivity contribution is -0.385. The van der Waals surface area contributed by atoms with E-state index in [1.807, 2.05) is 0 Å². The number of ether oxygens (including phenoxy) is 1. The van der Waals surface area contributed by atoms with Gasteiger partial charge in [0.05, 0.1) is 18.1 Å². The minimum absolute atomic E-state index is 0.145. The second-order valence-electron chi connectivity index (χ2n) is 2.26. The van der Waals surface area contributed by atoms with Crippen molar-refractivity contribution in [2.24, 2.45) is 0 Å². The number of rotatable bonds is 4. The average molecular weight is 197 g/mol. The third-order valence-electron chi connectivity index (χ3n) is 1.46. The molecule has 1 amide bonds. The van der Waals surface area contributed by atoms with E-state index in [1.54, 1.807) is 0 Å². The van der Waals surface area contributed by atoms with Crippen LogP contribution >= 0.6 is 0 Å². The fraction of sp³-hybridized carbons (Fsp3) is 0.143. The third-order valence-corrected chi connectivity index (χ3v) is 1.46. The zero-order valence-electron chi connectivity index (χ0n) is 7.26. The Hall–Kier alpha value is -2.18. The Bertz CT molecular complexity index is 366. The predicted octanol–water partition coefficient (Wildman–Crippen LogP) is 0.567. The van der Waals surface area contributed by atoms with Crippen molar-refractivity contribution in [3.05, 3.63) is 22.4 Å². The molecule has 7 heteroatoms. The molecule has 0 saturated carbocycles. The highest BCUT2D eigenvalue weighted by atomic mass is 16.6. The second kappa shape index (κ2) is 4.17. The fourth-order valence-corrected chi connectivity index (χ4v) is 0.854. The summed E-state index contributed by atoms with van der Waals surface area (Å²) in [7, 11) is 1.33. The molecule has 0 fully saturated rings. The summed E-state index contributed by atoms with van der Waals surface area (Å²) < 4.78 is 4.80. The first-order valence-electron chi connectivity index (χ1n) is 3.57. The van der Waals surface area contributed by atoms with E-state index in [-0.39, 0.29) is 17.3 Å². The number of pyridine rings is 1. The molecule has 1 aromatic heterocycles. The van der Waals surface area contributed by atoms with Crippen molar-refractivity contribution in [2.75, 3.05) is 12.4 Å². The Morgan fingerprint density at radius 3 is 2.93 bits per heavy atom. The number of anilines is 1. The van der Waals surface area contributed by atoms with Crippen LogP contribution in [0.25, 0.3) is 0 Å². The van der Waals surface area contributed by atoms with Crippen LogP contribution in [0.4, 0.5) is 11.5 Å². The molecular weight excluding hydrogens is 190 g/mol. The normalized spacial score (nSPS) is 9.21. The van der Waals surface area contributed by atoms with Gasteiger partial charge in [0.15, 0.2) is 11.6 Å². The van der Waals surface area contributed by atoms with Crippen molar-refractivity contribution >= 4 is 17.9 Å². The number of carbonyl (C=O) groups is 1. The summed E-state index contributed by atoms with van der Waals surface area (Å²) in [6.45, 7) is 0. The second-order valence-corrected chi connectivity index (χ2v) is 2.26. The van der Waals surface area contributed by atoms with E-state index >= 15 is 0 Å². The van der Waals surface area contributed by atoms with Crippen LogP contribution in [0.15, 0.2) is 12.3 Å². The number of nitrogens with zero attached hydrogens (tertiary/aromatic N) is 2. The van der Waals surface area contributed by atoms with Crippen molar-refractivity contribution in [3.63, 3.8) is 0 Å². The van der Waals surface area contributed by atoms with E-state index in [2.05, 4.69) is 10.3 Å². The lowest BCUT2D eigenvalue weighted by atomic mass is 10.4. The van der Waals surface area contributed by atoms with E-state index in [1.165, 1.54) is 13.2 Å². The highest BCUT2D eigenvalue weighted by molar-refractivity contribution is 5.73. The van der Waals surface area contributed by atoms with Gasteiger partial charge >= 0.3 is 0 Å². The maximum absolute atomic E-state index is 10.4. The van der Waals surface area contributed by atoms with Gasteiger partial charge in [0.1, 0.15) is 6.20 Å². The minimum Gasteiger partial charge on any atom is -0.493 e. The van der Waals surface area contributed by atoms with Gasteiger partial charge in [-0.3, -0.25) is 14.9 Å². The van der Waals surface area contributed by atoms with Crippen molar-refractivity contribution < 1.29 is 14.5 Å². The molecule has 0 aliphatic carbocycles. The van der Waals surface area contributed by atoms with Gasteiger partial charge in [0.2, 0.25) is 6.41 Å². The van der Waals surface area contributed by atoms with Gasteiger partial charge in [0, 0.05) is 0 Å². The zero-order valence-corrected chi connectivity index (χ0v) is 7.26. The molecule has 0 radical (unpaired) electrons. The van der Waals surface area contributed by atoms with Crippen molar-refractivity contribution in [1.29, 1.82) is 0 Å². The third kappa shape index (κ3) is 1.94. The van der Waals surface area contributed by atoms with Crippen LogP contribution in [-0.4, -0.2) is 23.4 Å². The van der Waals surface area contributed by atoms with Gasteiger partial charge in [0.25, 0.3) is 5.69 Å². The molecule has 14 heavy (non-hydrogen) atoms. The fourth-order valence-electron chi connectivity index (χ4n) is 0.854. The molecule has 0 aliphatic rings. The average Bonchev–Trinajstić information content (AvgIpc) is 2.18. The summed E-state index contributed by atoms with van der Waals surface area (Å²) in [5.74, 6) is 0.291. The number of methoxy groups -OCH3 is 1. The van der Waals surface area contributed by atoms with Crippen LogP contribution in [0.3, 0.4) is 0 Å². The summed E-state index contributed by atoms with van der Waals surface area (Å²) in [5, 5.41) is 12.6.